The number of carbonyl (C=O) groups is 2. The Bertz CT molecular complexity index is 358. The highest BCUT2D eigenvalue weighted by Crippen LogP contribution is 2.41. The number of nitrogens with one attached hydrogen (secondary N) is 2. The molecule has 0 saturated heterocycles. The second-order valence-corrected chi connectivity index (χ2v) is 8.05. The summed E-state index contributed by atoms with van der Waals surface area (Å²) in [4.78, 5) is 22.5. The summed E-state index contributed by atoms with van der Waals surface area (Å²) in [5.74, 6) is -0.788. The summed E-state index contributed by atoms with van der Waals surface area (Å²) in [6, 6.07) is 0. The van der Waals surface area contributed by atoms with Crippen molar-refractivity contribution in [2.45, 2.75) is 52.7 Å². The molecule has 0 amide bonds. The maximum absolute atomic E-state index is 11.9. The number of esters is 2. The van der Waals surface area contributed by atoms with E-state index >= 15 is 0 Å². The van der Waals surface area contributed by atoms with Crippen LogP contribution in [0, 0.1) is 0 Å². The fraction of sp³-hybridized carbons (Fsp3) is 0.833. The van der Waals surface area contributed by atoms with Gasteiger partial charge < -0.3 is 9.47 Å². The molecular formula is C12H24ClN2O5P. The zero-order chi connectivity index (χ0) is 16.5. The number of hydrogen-bond acceptors (Lipinski definition) is 5. The minimum Gasteiger partial charge on any atom is -0.463 e. The van der Waals surface area contributed by atoms with E-state index in [1.807, 2.05) is 0 Å². The Kier molecular flexibility index (Phi) is 9.86. The summed E-state index contributed by atoms with van der Waals surface area (Å²) >= 11 is 5.74. The molecule has 0 rings (SSSR count). The van der Waals surface area contributed by atoms with Crippen LogP contribution in [0.4, 0.5) is 0 Å². The molecule has 0 aliphatic rings. The first-order chi connectivity index (χ1) is 9.62. The molecule has 0 unspecified atom stereocenters. The average molecular weight is 343 g/mol. The molecule has 0 aliphatic carbocycles. The first-order valence-corrected chi connectivity index (χ1v) is 9.42. The van der Waals surface area contributed by atoms with E-state index in [2.05, 4.69) is 10.2 Å². The summed E-state index contributed by atoms with van der Waals surface area (Å²) in [5.41, 5.74) is 0. The number of hydrogen-bond donors (Lipinski definition) is 2. The molecule has 9 heteroatoms. The number of rotatable bonds is 10. The van der Waals surface area contributed by atoms with E-state index in [9.17, 15) is 14.2 Å². The second-order valence-electron chi connectivity index (χ2n) is 4.93. The van der Waals surface area contributed by atoms with Crippen molar-refractivity contribution in [2.75, 3.05) is 13.1 Å². The lowest BCUT2D eigenvalue weighted by Gasteiger charge is -2.14. The molecule has 0 aliphatic heterocycles. The summed E-state index contributed by atoms with van der Waals surface area (Å²) in [6.07, 6.45) is -0.256. The largest absolute Gasteiger partial charge is 0.463 e. The molecule has 0 bridgehead atoms. The molecule has 0 aromatic rings. The van der Waals surface area contributed by atoms with E-state index in [0.29, 0.717) is 0 Å². The fourth-order valence-electron chi connectivity index (χ4n) is 1.30. The molecule has 0 radical (unpaired) electrons. The monoisotopic (exact) mass is 342 g/mol. The van der Waals surface area contributed by atoms with Crippen LogP contribution in [0.5, 0.6) is 0 Å². The van der Waals surface area contributed by atoms with Gasteiger partial charge in [-0.15, -0.1) is 0 Å². The highest BCUT2D eigenvalue weighted by Gasteiger charge is 2.18. The zero-order valence-corrected chi connectivity index (χ0v) is 14.5. The average Bonchev–Trinajstić information content (AvgIpc) is 2.25. The van der Waals surface area contributed by atoms with Crippen LogP contribution >= 0.6 is 18.0 Å². The van der Waals surface area contributed by atoms with Crippen LogP contribution in [0.2, 0.25) is 0 Å². The van der Waals surface area contributed by atoms with Crippen LogP contribution in [0.1, 0.15) is 40.5 Å². The van der Waals surface area contributed by atoms with Gasteiger partial charge in [-0.1, -0.05) is 0 Å². The predicted molar refractivity (Wildman–Crippen MR) is 81.2 cm³/mol. The smallest absolute Gasteiger partial charge is 0.307 e. The Balaban J connectivity index is 3.86. The molecular weight excluding hydrogens is 319 g/mol. The summed E-state index contributed by atoms with van der Waals surface area (Å²) in [7, 11) is 0. The van der Waals surface area contributed by atoms with Gasteiger partial charge in [0, 0.05) is 13.1 Å². The van der Waals surface area contributed by atoms with Gasteiger partial charge >= 0.3 is 11.9 Å². The Morgan fingerprint density at radius 3 is 1.57 bits per heavy atom. The molecule has 124 valence electrons. The third-order valence-corrected chi connectivity index (χ3v) is 4.00. The SMILES string of the molecule is CC(C)OC(=O)CCNP(=O)(Cl)NCCC(=O)OC(C)C. The molecule has 0 aromatic carbocycles. The zero-order valence-electron chi connectivity index (χ0n) is 12.8. The van der Waals surface area contributed by atoms with E-state index in [-0.39, 0.29) is 38.1 Å². The van der Waals surface area contributed by atoms with Crippen LogP contribution in [0.3, 0.4) is 0 Å². The molecule has 0 heterocycles. The van der Waals surface area contributed by atoms with Crippen molar-refractivity contribution in [3.63, 3.8) is 0 Å². The molecule has 0 spiro atoms. The number of carbonyl (C=O) groups excluding carboxylic acids is 2. The Morgan fingerprint density at radius 1 is 0.952 bits per heavy atom. The van der Waals surface area contributed by atoms with Gasteiger partial charge in [0.15, 0.2) is 0 Å². The highest BCUT2D eigenvalue weighted by atomic mass is 35.7. The van der Waals surface area contributed by atoms with Gasteiger partial charge in [0.25, 0.3) is 6.80 Å². The van der Waals surface area contributed by atoms with Gasteiger partial charge in [-0.3, -0.25) is 14.2 Å². The molecule has 0 saturated carbocycles. The second kappa shape index (κ2) is 10.2. The maximum atomic E-state index is 11.9. The first-order valence-electron chi connectivity index (χ1n) is 6.81. The van der Waals surface area contributed by atoms with Crippen LogP contribution < -0.4 is 10.2 Å². The van der Waals surface area contributed by atoms with Crippen LogP contribution in [0.25, 0.3) is 0 Å². The standard InChI is InChI=1S/C12H24ClN2O5P/c1-9(2)19-11(16)5-7-14-21(13,18)15-8-6-12(17)20-10(3)4/h9-10H,5-8H2,1-4H3,(H2,14,15,18). The van der Waals surface area contributed by atoms with E-state index < -0.39 is 18.7 Å². The lowest BCUT2D eigenvalue weighted by Crippen LogP contribution is -2.25. The molecule has 21 heavy (non-hydrogen) atoms. The third-order valence-electron chi connectivity index (χ3n) is 2.02. The highest BCUT2D eigenvalue weighted by molar-refractivity contribution is 7.86. The Morgan fingerprint density at radius 2 is 1.29 bits per heavy atom. The molecule has 2 N–H and O–H groups in total. The van der Waals surface area contributed by atoms with Gasteiger partial charge in [-0.05, 0) is 38.9 Å². The van der Waals surface area contributed by atoms with Gasteiger partial charge in [-0.25, -0.2) is 10.2 Å². The van der Waals surface area contributed by atoms with E-state index in [1.165, 1.54) is 0 Å². The minimum absolute atomic E-state index is 0.0615. The summed E-state index contributed by atoms with van der Waals surface area (Å²) in [5, 5.41) is 5.07. The van der Waals surface area contributed by atoms with Crippen molar-refractivity contribution < 1.29 is 23.6 Å². The normalized spacial score (nSPS) is 11.8. The predicted octanol–water partition coefficient (Wildman–Crippen LogP) is 2.20. The van der Waals surface area contributed by atoms with Crippen LogP contribution in [-0.2, 0) is 23.6 Å². The van der Waals surface area contributed by atoms with Gasteiger partial charge in [0.05, 0.1) is 25.0 Å². The van der Waals surface area contributed by atoms with Crippen molar-refractivity contribution in [2.24, 2.45) is 0 Å². The lowest BCUT2D eigenvalue weighted by molar-refractivity contribution is -0.148. The number of halogens is 1. The van der Waals surface area contributed by atoms with Gasteiger partial charge in [-0.2, -0.15) is 0 Å². The van der Waals surface area contributed by atoms with Crippen molar-refractivity contribution in [1.82, 2.24) is 10.2 Å². The van der Waals surface area contributed by atoms with Crippen molar-refractivity contribution in [3.8, 4) is 0 Å². The molecule has 7 nitrogen and oxygen atoms in total. The lowest BCUT2D eigenvalue weighted by atomic mass is 10.4. The van der Waals surface area contributed by atoms with Crippen molar-refractivity contribution in [1.29, 1.82) is 0 Å². The topological polar surface area (TPSA) is 93.7 Å². The first kappa shape index (κ1) is 20.4. The fourth-order valence-corrected chi connectivity index (χ4v) is 2.72. The van der Waals surface area contributed by atoms with Gasteiger partial charge in [0.1, 0.15) is 0 Å². The van der Waals surface area contributed by atoms with Crippen LogP contribution in [-0.4, -0.2) is 37.2 Å². The maximum Gasteiger partial charge on any atom is 0.307 e. The van der Waals surface area contributed by atoms with E-state index in [4.69, 9.17) is 20.7 Å². The summed E-state index contributed by atoms with van der Waals surface area (Å²) < 4.78 is 21.7. The minimum atomic E-state index is -3.32. The van der Waals surface area contributed by atoms with E-state index in [1.54, 1.807) is 27.7 Å². The van der Waals surface area contributed by atoms with Crippen molar-refractivity contribution >= 4 is 30.0 Å². The molecule has 0 fully saturated rings. The van der Waals surface area contributed by atoms with Crippen LogP contribution in [0.15, 0.2) is 0 Å². The van der Waals surface area contributed by atoms with E-state index in [0.717, 1.165) is 0 Å². The summed E-state index contributed by atoms with van der Waals surface area (Å²) in [6.45, 7) is 3.91. The van der Waals surface area contributed by atoms with Gasteiger partial charge in [0.2, 0.25) is 0 Å². The Labute approximate surface area is 130 Å². The molecule has 0 atom stereocenters. The Hall–Kier alpha value is -0.620. The third kappa shape index (κ3) is 12.8. The van der Waals surface area contributed by atoms with Crippen molar-refractivity contribution in [3.05, 3.63) is 0 Å². The quantitative estimate of drug-likeness (QED) is 0.464. The number of ether oxygens (including phenoxy) is 2. The molecule has 0 aromatic heterocycles.